The first-order chi connectivity index (χ1) is 13.8. The molecule has 4 rings (SSSR count). The SMILES string of the molecule is C[C@]1(c2ccc3c(c2)OCO3)NC(=O)N(CC(=O)Nc2ccc(F)cc2F)C1=O. The van der Waals surface area contributed by atoms with Gasteiger partial charge < -0.3 is 20.1 Å². The van der Waals surface area contributed by atoms with Crippen molar-refractivity contribution >= 4 is 23.5 Å². The van der Waals surface area contributed by atoms with E-state index in [-0.39, 0.29) is 12.5 Å². The van der Waals surface area contributed by atoms with Crippen molar-refractivity contribution in [3.63, 3.8) is 0 Å². The van der Waals surface area contributed by atoms with Gasteiger partial charge in [-0.25, -0.2) is 13.6 Å². The van der Waals surface area contributed by atoms with E-state index in [0.717, 1.165) is 17.0 Å². The van der Waals surface area contributed by atoms with Crippen molar-refractivity contribution in [2.45, 2.75) is 12.5 Å². The van der Waals surface area contributed by atoms with E-state index < -0.39 is 41.6 Å². The van der Waals surface area contributed by atoms with Crippen LogP contribution in [0.2, 0.25) is 0 Å². The van der Waals surface area contributed by atoms with Crippen LogP contribution in [-0.4, -0.2) is 36.1 Å². The number of halogens is 2. The largest absolute Gasteiger partial charge is 0.454 e. The van der Waals surface area contributed by atoms with Crippen LogP contribution in [0, 0.1) is 11.6 Å². The Labute approximate surface area is 163 Å². The molecule has 2 aliphatic rings. The minimum atomic E-state index is -1.42. The average molecular weight is 403 g/mol. The summed E-state index contributed by atoms with van der Waals surface area (Å²) in [6, 6.07) is 6.68. The summed E-state index contributed by atoms with van der Waals surface area (Å²) in [7, 11) is 0. The zero-order valence-corrected chi connectivity index (χ0v) is 15.1. The van der Waals surface area contributed by atoms with Gasteiger partial charge in [0.1, 0.15) is 23.7 Å². The van der Waals surface area contributed by atoms with Crippen molar-refractivity contribution in [3.8, 4) is 11.5 Å². The van der Waals surface area contributed by atoms with Crippen molar-refractivity contribution in [2.75, 3.05) is 18.7 Å². The molecule has 0 saturated carbocycles. The van der Waals surface area contributed by atoms with Crippen LogP contribution >= 0.6 is 0 Å². The summed E-state index contributed by atoms with van der Waals surface area (Å²) in [6.07, 6.45) is 0. The summed E-state index contributed by atoms with van der Waals surface area (Å²) < 4.78 is 37.2. The molecule has 10 heteroatoms. The van der Waals surface area contributed by atoms with Crippen molar-refractivity contribution in [1.29, 1.82) is 0 Å². The second-order valence-electron chi connectivity index (χ2n) is 6.69. The first kappa shape index (κ1) is 18.7. The molecule has 29 heavy (non-hydrogen) atoms. The molecule has 1 saturated heterocycles. The highest BCUT2D eigenvalue weighted by molar-refractivity contribution is 6.10. The summed E-state index contributed by atoms with van der Waals surface area (Å²) in [5.41, 5.74) is -1.23. The van der Waals surface area contributed by atoms with E-state index in [2.05, 4.69) is 10.6 Å². The number of nitrogens with zero attached hydrogens (tertiary/aromatic N) is 1. The average Bonchev–Trinajstić information content (AvgIpc) is 3.22. The van der Waals surface area contributed by atoms with Crippen LogP contribution in [-0.2, 0) is 15.1 Å². The number of hydrogen-bond donors (Lipinski definition) is 2. The number of carbonyl (C=O) groups excluding carboxylic acids is 3. The summed E-state index contributed by atoms with van der Waals surface area (Å²) in [5.74, 6) is -2.28. The number of carbonyl (C=O) groups is 3. The molecule has 4 amide bonds. The van der Waals surface area contributed by atoms with E-state index in [0.29, 0.717) is 23.1 Å². The van der Waals surface area contributed by atoms with E-state index in [4.69, 9.17) is 9.47 Å². The first-order valence-electron chi connectivity index (χ1n) is 8.57. The van der Waals surface area contributed by atoms with Crippen molar-refractivity contribution in [3.05, 3.63) is 53.6 Å². The van der Waals surface area contributed by atoms with E-state index in [1.165, 1.54) is 6.92 Å². The zero-order valence-electron chi connectivity index (χ0n) is 15.1. The number of urea groups is 1. The lowest BCUT2D eigenvalue weighted by Crippen LogP contribution is -2.42. The molecule has 2 heterocycles. The minimum Gasteiger partial charge on any atom is -0.454 e. The second-order valence-corrected chi connectivity index (χ2v) is 6.69. The van der Waals surface area contributed by atoms with Gasteiger partial charge in [0.25, 0.3) is 5.91 Å². The number of anilines is 1. The highest BCUT2D eigenvalue weighted by Crippen LogP contribution is 2.37. The smallest absolute Gasteiger partial charge is 0.325 e. The summed E-state index contributed by atoms with van der Waals surface area (Å²) in [4.78, 5) is 38.2. The fraction of sp³-hybridized carbons (Fsp3) is 0.211. The lowest BCUT2D eigenvalue weighted by Gasteiger charge is -2.22. The molecule has 2 aromatic carbocycles. The number of benzene rings is 2. The topological polar surface area (TPSA) is 97.0 Å². The van der Waals surface area contributed by atoms with Gasteiger partial charge in [-0.1, -0.05) is 6.07 Å². The molecule has 0 radical (unpaired) electrons. The Hall–Kier alpha value is -3.69. The van der Waals surface area contributed by atoms with Crippen LogP contribution in [0.4, 0.5) is 19.3 Å². The maximum Gasteiger partial charge on any atom is 0.325 e. The third-order valence-electron chi connectivity index (χ3n) is 4.73. The van der Waals surface area contributed by atoms with Gasteiger partial charge in [0, 0.05) is 6.07 Å². The standard InChI is InChI=1S/C19H15F2N3O5/c1-19(10-2-5-14-15(6-10)29-9-28-14)17(26)24(18(27)23-19)8-16(25)22-13-4-3-11(20)7-12(13)21/h2-7H,8-9H2,1H3,(H,22,25)(H,23,27)/t19-/m1/s1. The molecule has 8 nitrogen and oxygen atoms in total. The van der Waals surface area contributed by atoms with E-state index in [1.54, 1.807) is 18.2 Å². The lowest BCUT2D eigenvalue weighted by atomic mass is 9.91. The molecule has 1 fully saturated rings. The molecule has 2 aliphatic heterocycles. The minimum absolute atomic E-state index is 0.0576. The van der Waals surface area contributed by atoms with Crippen LogP contribution in [0.1, 0.15) is 12.5 Å². The Kier molecular flexibility index (Phi) is 4.33. The first-order valence-corrected chi connectivity index (χ1v) is 8.57. The van der Waals surface area contributed by atoms with Gasteiger partial charge in [0.05, 0.1) is 5.69 Å². The number of amides is 4. The van der Waals surface area contributed by atoms with Crippen LogP contribution < -0.4 is 20.1 Å². The maximum atomic E-state index is 13.7. The number of ether oxygens (including phenoxy) is 2. The van der Waals surface area contributed by atoms with Gasteiger partial charge in [-0.3, -0.25) is 14.5 Å². The normalized spacial score (nSPS) is 20.0. The molecule has 0 aliphatic carbocycles. The zero-order chi connectivity index (χ0) is 20.8. The molecule has 0 bridgehead atoms. The summed E-state index contributed by atoms with van der Waals surface area (Å²) >= 11 is 0. The Morgan fingerprint density at radius 1 is 1.17 bits per heavy atom. The number of imide groups is 1. The Morgan fingerprint density at radius 3 is 2.69 bits per heavy atom. The van der Waals surface area contributed by atoms with Gasteiger partial charge >= 0.3 is 6.03 Å². The Balaban J connectivity index is 1.51. The van der Waals surface area contributed by atoms with E-state index in [9.17, 15) is 23.2 Å². The van der Waals surface area contributed by atoms with Crippen molar-refractivity contribution in [1.82, 2.24) is 10.2 Å². The molecule has 1 atom stereocenters. The molecular weight excluding hydrogens is 388 g/mol. The lowest BCUT2D eigenvalue weighted by molar-refractivity contribution is -0.133. The second kappa shape index (κ2) is 6.73. The highest BCUT2D eigenvalue weighted by Gasteiger charge is 2.49. The molecule has 0 aromatic heterocycles. The fourth-order valence-corrected chi connectivity index (χ4v) is 3.17. The predicted molar refractivity (Wildman–Crippen MR) is 95.1 cm³/mol. The van der Waals surface area contributed by atoms with Crippen molar-refractivity contribution < 1.29 is 32.6 Å². The van der Waals surface area contributed by atoms with Gasteiger partial charge in [-0.2, -0.15) is 0 Å². The molecule has 2 N–H and O–H groups in total. The fourth-order valence-electron chi connectivity index (χ4n) is 3.17. The van der Waals surface area contributed by atoms with Crippen LogP contribution in [0.25, 0.3) is 0 Å². The van der Waals surface area contributed by atoms with Crippen molar-refractivity contribution in [2.24, 2.45) is 0 Å². The quantitative estimate of drug-likeness (QED) is 0.763. The third-order valence-corrected chi connectivity index (χ3v) is 4.73. The Bertz CT molecular complexity index is 1040. The van der Waals surface area contributed by atoms with Crippen LogP contribution in [0.15, 0.2) is 36.4 Å². The van der Waals surface area contributed by atoms with Crippen LogP contribution in [0.3, 0.4) is 0 Å². The van der Waals surface area contributed by atoms with Gasteiger partial charge in [0.15, 0.2) is 11.5 Å². The van der Waals surface area contributed by atoms with E-state index in [1.807, 2.05) is 0 Å². The number of hydrogen-bond acceptors (Lipinski definition) is 5. The number of fused-ring (bicyclic) bond motifs is 1. The monoisotopic (exact) mass is 403 g/mol. The molecule has 150 valence electrons. The van der Waals surface area contributed by atoms with Gasteiger partial charge in [-0.15, -0.1) is 0 Å². The Morgan fingerprint density at radius 2 is 1.93 bits per heavy atom. The van der Waals surface area contributed by atoms with Crippen LogP contribution in [0.5, 0.6) is 11.5 Å². The summed E-state index contributed by atoms with van der Waals surface area (Å²) in [6.45, 7) is 0.923. The molecule has 2 aromatic rings. The predicted octanol–water partition coefficient (Wildman–Crippen LogP) is 2.10. The molecule has 0 unspecified atom stereocenters. The number of rotatable bonds is 4. The maximum absolute atomic E-state index is 13.7. The van der Waals surface area contributed by atoms with E-state index >= 15 is 0 Å². The molecule has 0 spiro atoms. The van der Waals surface area contributed by atoms with Gasteiger partial charge in [-0.05, 0) is 36.8 Å². The summed E-state index contributed by atoms with van der Waals surface area (Å²) in [5, 5.41) is 4.78. The third kappa shape index (κ3) is 3.22. The van der Waals surface area contributed by atoms with Gasteiger partial charge in [0.2, 0.25) is 12.7 Å². The highest BCUT2D eigenvalue weighted by atomic mass is 19.1. The number of nitrogens with one attached hydrogen (secondary N) is 2. The molecular formula is C19H15F2N3O5.